The van der Waals surface area contributed by atoms with Crippen LogP contribution < -0.4 is 15.9 Å². The van der Waals surface area contributed by atoms with E-state index in [-0.39, 0.29) is 0 Å². The van der Waals surface area contributed by atoms with Crippen LogP contribution in [-0.4, -0.2) is 29.5 Å². The third-order valence-corrected chi connectivity index (χ3v) is 22.4. The second-order valence-electron chi connectivity index (χ2n) is 25.4. The van der Waals surface area contributed by atoms with Crippen molar-refractivity contribution in [3.05, 3.63) is 370 Å². The predicted molar refractivity (Wildman–Crippen MR) is 421 cm³/mol. The van der Waals surface area contributed by atoms with Crippen LogP contribution in [0.15, 0.2) is 370 Å². The van der Waals surface area contributed by atoms with E-state index in [1.807, 2.05) is 91.0 Å². The molecule has 0 aliphatic heterocycles. The number of benzene rings is 14. The van der Waals surface area contributed by atoms with Crippen molar-refractivity contribution in [1.29, 1.82) is 0 Å². The molecule has 19 aromatic rings. The minimum Gasteiger partial charge on any atom is -0.309 e. The van der Waals surface area contributed by atoms with E-state index >= 15 is 0 Å². The first kappa shape index (κ1) is 60.4. The van der Waals surface area contributed by atoms with Gasteiger partial charge in [0.1, 0.15) is 5.82 Å². The Morgan fingerprint density at radius 1 is 0.238 bits per heavy atom. The lowest BCUT2D eigenvalue weighted by Crippen LogP contribution is -2.24. The molecule has 0 bridgehead atoms. The minimum atomic E-state index is -3.04. The molecule has 474 valence electrons. The zero-order chi connectivity index (χ0) is 67.2. The summed E-state index contributed by atoms with van der Waals surface area (Å²) in [6.07, 6.45) is 0. The SMILES string of the molecule is O=P(c1ccccc1)(c1ccccc1)c1ccc(-c2cccc(-c3ccc4ccc5c(-c6ccccc6)c6ccccc6nc5c4n3)c2)cc1.c1ccc(-c2c3ccccc3nc3c2ccc2ccc(-c4ccc(-c5ccc(-c6nc7ccccc7n6-c6ccccc6)cc5)cc4)nc23)cc1. The Morgan fingerprint density at radius 3 is 1.16 bits per heavy atom. The molecule has 0 saturated heterocycles. The molecule has 0 atom stereocenters. The van der Waals surface area contributed by atoms with E-state index in [1.54, 1.807) is 0 Å². The van der Waals surface area contributed by atoms with Crippen LogP contribution in [0.1, 0.15) is 0 Å². The molecule has 0 spiro atoms. The zero-order valence-corrected chi connectivity index (χ0v) is 55.7. The van der Waals surface area contributed by atoms with Gasteiger partial charge in [-0.3, -0.25) is 4.57 Å². The highest BCUT2D eigenvalue weighted by Crippen LogP contribution is 2.44. The third kappa shape index (κ3) is 11.1. The number of aromatic nitrogens is 6. The first-order valence-electron chi connectivity index (χ1n) is 34.0. The largest absolute Gasteiger partial charge is 0.309 e. The van der Waals surface area contributed by atoms with Gasteiger partial charge >= 0.3 is 0 Å². The maximum Gasteiger partial charge on any atom is 0.171 e. The van der Waals surface area contributed by atoms with Crippen LogP contribution in [0.5, 0.6) is 0 Å². The molecule has 0 amide bonds. The van der Waals surface area contributed by atoms with Crippen LogP contribution in [0.25, 0.3) is 161 Å². The molecular weight excluding hydrogens is 1250 g/mol. The zero-order valence-electron chi connectivity index (χ0n) is 54.8. The molecule has 101 heavy (non-hydrogen) atoms. The summed E-state index contributed by atoms with van der Waals surface area (Å²) in [6.45, 7) is 0. The summed E-state index contributed by atoms with van der Waals surface area (Å²) in [5.41, 5.74) is 22.8. The summed E-state index contributed by atoms with van der Waals surface area (Å²) >= 11 is 0. The van der Waals surface area contributed by atoms with Crippen LogP contribution in [0.4, 0.5) is 0 Å². The topological polar surface area (TPSA) is 86.5 Å². The van der Waals surface area contributed by atoms with E-state index in [2.05, 4.69) is 284 Å². The normalized spacial score (nSPS) is 11.6. The van der Waals surface area contributed by atoms with Crippen molar-refractivity contribution < 1.29 is 4.57 Å². The molecular formula is C93H61N6OP. The number of para-hydroxylation sites is 5. The lowest BCUT2D eigenvalue weighted by molar-refractivity contribution is 0.592. The number of pyridine rings is 4. The van der Waals surface area contributed by atoms with Crippen LogP contribution in [0, 0.1) is 0 Å². The average Bonchev–Trinajstić information content (AvgIpc) is 1.42. The molecule has 0 aliphatic carbocycles. The molecule has 0 radical (unpaired) electrons. The van der Waals surface area contributed by atoms with Gasteiger partial charge < -0.3 is 4.57 Å². The van der Waals surface area contributed by atoms with Crippen molar-refractivity contribution in [2.24, 2.45) is 0 Å². The van der Waals surface area contributed by atoms with E-state index in [1.165, 1.54) is 16.7 Å². The van der Waals surface area contributed by atoms with Gasteiger partial charge in [-0.05, 0) is 88.0 Å². The minimum absolute atomic E-state index is 0.813. The molecule has 8 heteroatoms. The number of imidazole rings is 1. The van der Waals surface area contributed by atoms with Crippen LogP contribution >= 0.6 is 7.14 Å². The summed E-state index contributed by atoms with van der Waals surface area (Å²) in [6, 6.07) is 127. The molecule has 5 aromatic heterocycles. The van der Waals surface area contributed by atoms with Crippen molar-refractivity contribution in [2.45, 2.75) is 0 Å². The highest BCUT2D eigenvalue weighted by Gasteiger charge is 2.30. The number of nitrogens with zero attached hydrogens (tertiary/aromatic N) is 6. The highest BCUT2D eigenvalue weighted by molar-refractivity contribution is 7.85. The molecule has 14 aromatic carbocycles. The molecule has 5 heterocycles. The van der Waals surface area contributed by atoms with E-state index in [0.29, 0.717) is 0 Å². The van der Waals surface area contributed by atoms with Gasteiger partial charge in [0.05, 0.1) is 55.5 Å². The lowest BCUT2D eigenvalue weighted by Gasteiger charge is -2.20. The van der Waals surface area contributed by atoms with E-state index < -0.39 is 7.14 Å². The van der Waals surface area contributed by atoms with Gasteiger partial charge in [0.25, 0.3) is 0 Å². The summed E-state index contributed by atoms with van der Waals surface area (Å²) in [4.78, 5) is 25.9. The first-order chi connectivity index (χ1) is 49.9. The van der Waals surface area contributed by atoms with E-state index in [0.717, 1.165) is 160 Å². The van der Waals surface area contributed by atoms with Gasteiger partial charge in [0, 0.05) is 81.7 Å². The molecule has 0 unspecified atom stereocenters. The molecule has 0 N–H and O–H groups in total. The fourth-order valence-electron chi connectivity index (χ4n) is 14.4. The Hall–Kier alpha value is -13.1. The van der Waals surface area contributed by atoms with Crippen molar-refractivity contribution >= 4 is 99.5 Å². The molecule has 0 saturated carbocycles. The Labute approximate surface area is 584 Å². The van der Waals surface area contributed by atoms with Crippen molar-refractivity contribution in [1.82, 2.24) is 29.5 Å². The standard InChI is InChI=1S/C47H30N4.C46H31N2OP/c1-3-11-34(12-4-1)44-38-15-7-8-16-41(38)49-46-39(44)29-27-35-28-30-40(48-45(35)46)33-23-19-31(20-24-33)32-21-25-36(26-22-32)47-50-42-17-9-10-18-43(42)51(47)37-13-5-2-6-14-37;49-50(37-17-6-2-7-18-37,38-19-8-3-9-20-38)39-27-23-32(24-28-39)35-15-12-16-36(31-35)42-30-26-34-25-29-41-44(33-13-4-1-5-14-33)40-21-10-11-22-43(40)48-46(41)45(34)47-42/h1-30H;1-31H. The fraction of sp³-hybridized carbons (Fsp3) is 0. The quantitative estimate of drug-likeness (QED) is 0.0729. The molecule has 0 fully saturated rings. The Morgan fingerprint density at radius 2 is 0.624 bits per heavy atom. The van der Waals surface area contributed by atoms with Gasteiger partial charge in [0.2, 0.25) is 0 Å². The van der Waals surface area contributed by atoms with E-state index in [4.69, 9.17) is 24.9 Å². The third-order valence-electron chi connectivity index (χ3n) is 19.3. The monoisotopic (exact) mass is 1310 g/mol. The van der Waals surface area contributed by atoms with Crippen molar-refractivity contribution in [2.75, 3.05) is 0 Å². The summed E-state index contributed by atoms with van der Waals surface area (Å²) in [5.74, 6) is 0.928. The molecule has 0 aliphatic rings. The van der Waals surface area contributed by atoms with Crippen molar-refractivity contribution in [3.8, 4) is 84.1 Å². The van der Waals surface area contributed by atoms with Crippen LogP contribution in [0.3, 0.4) is 0 Å². The van der Waals surface area contributed by atoms with E-state index in [9.17, 15) is 4.57 Å². The predicted octanol–water partition coefficient (Wildman–Crippen LogP) is 22.5. The maximum absolute atomic E-state index is 14.9. The second kappa shape index (κ2) is 25.7. The second-order valence-corrected chi connectivity index (χ2v) is 28.1. The molecule has 7 nitrogen and oxygen atoms in total. The summed E-state index contributed by atoms with van der Waals surface area (Å²) < 4.78 is 17.1. The van der Waals surface area contributed by atoms with Crippen LogP contribution in [0.2, 0.25) is 0 Å². The Bertz CT molecular complexity index is 6330. The average molecular weight is 1310 g/mol. The number of fused-ring (bicyclic) bond motifs is 9. The number of hydrogen-bond acceptors (Lipinski definition) is 6. The summed E-state index contributed by atoms with van der Waals surface area (Å²) in [7, 11) is -3.04. The number of rotatable bonds is 11. The summed E-state index contributed by atoms with van der Waals surface area (Å²) in [5, 5.41) is 9.06. The van der Waals surface area contributed by atoms with Crippen molar-refractivity contribution in [3.63, 3.8) is 0 Å². The van der Waals surface area contributed by atoms with Gasteiger partial charge in [-0.15, -0.1) is 0 Å². The van der Waals surface area contributed by atoms with Gasteiger partial charge in [-0.2, -0.15) is 0 Å². The maximum atomic E-state index is 14.9. The number of hydrogen-bond donors (Lipinski definition) is 0. The Kier molecular flexibility index (Phi) is 15.4. The smallest absolute Gasteiger partial charge is 0.171 e. The Balaban J connectivity index is 0.000000145. The fourth-order valence-corrected chi connectivity index (χ4v) is 17.0. The lowest BCUT2D eigenvalue weighted by atomic mass is 9.95. The van der Waals surface area contributed by atoms with Gasteiger partial charge in [-0.25, -0.2) is 24.9 Å². The van der Waals surface area contributed by atoms with Crippen LogP contribution in [-0.2, 0) is 4.57 Å². The molecule has 19 rings (SSSR count). The van der Waals surface area contributed by atoms with Gasteiger partial charge in [0.15, 0.2) is 7.14 Å². The van der Waals surface area contributed by atoms with Gasteiger partial charge in [-0.1, -0.05) is 315 Å². The first-order valence-corrected chi connectivity index (χ1v) is 35.7. The highest BCUT2D eigenvalue weighted by atomic mass is 31.2.